The summed E-state index contributed by atoms with van der Waals surface area (Å²) in [5.41, 5.74) is 3.48. The zero-order valence-corrected chi connectivity index (χ0v) is 19.9. The Kier molecular flexibility index (Phi) is 8.15. The Hall–Kier alpha value is -2.31. The molecule has 0 spiro atoms. The number of hydrogen-bond acceptors (Lipinski definition) is 4. The third-order valence-corrected chi connectivity index (χ3v) is 6.02. The van der Waals surface area contributed by atoms with Crippen LogP contribution in [0.2, 0.25) is 5.02 Å². The Morgan fingerprint density at radius 1 is 1.29 bits per heavy atom. The number of rotatable bonds is 6. The van der Waals surface area contributed by atoms with Gasteiger partial charge in [0.2, 0.25) is 0 Å². The summed E-state index contributed by atoms with van der Waals surface area (Å²) >= 11 is 11.7. The van der Waals surface area contributed by atoms with Crippen molar-refractivity contribution in [3.8, 4) is 0 Å². The molecule has 7 heteroatoms. The lowest BCUT2D eigenvalue weighted by molar-refractivity contribution is 0.0526. The van der Waals surface area contributed by atoms with Gasteiger partial charge in [-0.15, -0.1) is 0 Å². The second kappa shape index (κ2) is 10.8. The number of nitrogens with zero attached hydrogens (tertiary/aromatic N) is 1. The van der Waals surface area contributed by atoms with Gasteiger partial charge in [-0.2, -0.15) is 0 Å². The molecule has 1 aliphatic heterocycles. The van der Waals surface area contributed by atoms with Crippen LogP contribution in [0.15, 0.2) is 42.5 Å². The molecule has 0 unspecified atom stereocenters. The number of esters is 1. The van der Waals surface area contributed by atoms with E-state index in [0.717, 1.165) is 24.6 Å². The lowest BCUT2D eigenvalue weighted by atomic mass is 9.99. The van der Waals surface area contributed by atoms with Gasteiger partial charge in [-0.25, -0.2) is 4.79 Å². The molecular weight excluding hydrogens is 430 g/mol. The normalized spacial score (nSPS) is 17.0. The van der Waals surface area contributed by atoms with Crippen LogP contribution in [0.3, 0.4) is 0 Å². The van der Waals surface area contributed by atoms with Crippen LogP contribution >= 0.6 is 23.8 Å². The predicted molar refractivity (Wildman–Crippen MR) is 132 cm³/mol. The van der Waals surface area contributed by atoms with E-state index in [1.54, 1.807) is 25.1 Å². The van der Waals surface area contributed by atoms with Crippen molar-refractivity contribution in [3.05, 3.63) is 58.6 Å². The standard InChI is InChI=1S/C24H30ClN3O2S/c1-4-30-23(29)21-12-9-19(14-22(21)25)27-24(31)26-17(3)18-7-10-20(11-8-18)28-13-5-6-16(2)15-28/h7-12,14,16-17H,4-6,13,15H2,1-3H3,(H2,26,27,31)/t16-,17-/m0/s1. The van der Waals surface area contributed by atoms with Crippen LogP contribution < -0.4 is 15.5 Å². The highest BCUT2D eigenvalue weighted by Crippen LogP contribution is 2.25. The maximum atomic E-state index is 11.9. The van der Waals surface area contributed by atoms with Gasteiger partial charge in [0, 0.05) is 24.5 Å². The summed E-state index contributed by atoms with van der Waals surface area (Å²) in [6.07, 6.45) is 2.57. The molecule has 1 fully saturated rings. The van der Waals surface area contributed by atoms with Gasteiger partial charge in [-0.05, 0) is 80.7 Å². The average molecular weight is 460 g/mol. The molecule has 5 nitrogen and oxygen atoms in total. The molecular formula is C24H30ClN3O2S. The molecule has 3 rings (SSSR count). The van der Waals surface area contributed by atoms with Gasteiger partial charge in [0.15, 0.2) is 5.11 Å². The SMILES string of the molecule is CCOC(=O)c1ccc(NC(=S)N[C@@H](C)c2ccc(N3CCC[C@H](C)C3)cc2)cc1Cl. The zero-order valence-electron chi connectivity index (χ0n) is 18.3. The van der Waals surface area contributed by atoms with E-state index in [9.17, 15) is 4.79 Å². The minimum absolute atomic E-state index is 0.0450. The first-order valence-electron chi connectivity index (χ1n) is 10.8. The van der Waals surface area contributed by atoms with E-state index in [2.05, 4.69) is 53.6 Å². The fourth-order valence-corrected chi connectivity index (χ4v) is 4.36. The first-order chi connectivity index (χ1) is 14.9. The first kappa shape index (κ1) is 23.4. The molecule has 2 aromatic carbocycles. The van der Waals surface area contributed by atoms with Crippen LogP contribution in [0, 0.1) is 5.92 Å². The van der Waals surface area contributed by atoms with Gasteiger partial charge in [-0.1, -0.05) is 30.7 Å². The molecule has 2 atom stereocenters. The lowest BCUT2D eigenvalue weighted by Gasteiger charge is -2.33. The van der Waals surface area contributed by atoms with Gasteiger partial charge in [-0.3, -0.25) is 0 Å². The van der Waals surface area contributed by atoms with E-state index >= 15 is 0 Å². The summed E-state index contributed by atoms with van der Waals surface area (Å²) in [5.74, 6) is 0.313. The summed E-state index contributed by atoms with van der Waals surface area (Å²) in [6.45, 7) is 8.70. The fourth-order valence-electron chi connectivity index (χ4n) is 3.81. The van der Waals surface area contributed by atoms with Gasteiger partial charge in [0.25, 0.3) is 0 Å². The average Bonchev–Trinajstić information content (AvgIpc) is 2.74. The minimum atomic E-state index is -0.434. The predicted octanol–water partition coefficient (Wildman–Crippen LogP) is 5.80. The number of piperidine rings is 1. The molecule has 1 saturated heterocycles. The maximum absolute atomic E-state index is 11.9. The molecule has 0 aromatic heterocycles. The van der Waals surface area contributed by atoms with Crippen molar-refractivity contribution in [2.45, 2.75) is 39.7 Å². The molecule has 1 heterocycles. The number of ether oxygens (including phenoxy) is 1. The van der Waals surface area contributed by atoms with Gasteiger partial charge < -0.3 is 20.3 Å². The Balaban J connectivity index is 1.56. The summed E-state index contributed by atoms with van der Waals surface area (Å²) < 4.78 is 5.00. The third kappa shape index (κ3) is 6.34. The lowest BCUT2D eigenvalue weighted by Crippen LogP contribution is -2.34. The quantitative estimate of drug-likeness (QED) is 0.420. The van der Waals surface area contributed by atoms with Crippen molar-refractivity contribution in [3.63, 3.8) is 0 Å². The molecule has 31 heavy (non-hydrogen) atoms. The Morgan fingerprint density at radius 2 is 2.03 bits per heavy atom. The highest BCUT2D eigenvalue weighted by Gasteiger charge is 2.17. The molecule has 0 amide bonds. The molecule has 166 valence electrons. The van der Waals surface area contributed by atoms with Crippen molar-refractivity contribution in [2.75, 3.05) is 29.9 Å². The number of carbonyl (C=O) groups is 1. The highest BCUT2D eigenvalue weighted by atomic mass is 35.5. The van der Waals surface area contributed by atoms with E-state index in [-0.39, 0.29) is 6.04 Å². The smallest absolute Gasteiger partial charge is 0.339 e. The zero-order chi connectivity index (χ0) is 22.4. The van der Waals surface area contributed by atoms with Crippen LogP contribution in [0.4, 0.5) is 11.4 Å². The van der Waals surface area contributed by atoms with Crippen LogP contribution in [0.5, 0.6) is 0 Å². The Bertz CT molecular complexity index is 920. The first-order valence-corrected chi connectivity index (χ1v) is 11.5. The number of thiocarbonyl (C=S) groups is 1. The third-order valence-electron chi connectivity index (χ3n) is 5.49. The van der Waals surface area contributed by atoms with Crippen LogP contribution in [0.25, 0.3) is 0 Å². The highest BCUT2D eigenvalue weighted by molar-refractivity contribution is 7.80. The minimum Gasteiger partial charge on any atom is -0.462 e. The van der Waals surface area contributed by atoms with Crippen molar-refractivity contribution in [2.24, 2.45) is 5.92 Å². The number of hydrogen-bond donors (Lipinski definition) is 2. The van der Waals surface area contributed by atoms with Gasteiger partial charge in [0.1, 0.15) is 0 Å². The molecule has 2 aromatic rings. The van der Waals surface area contributed by atoms with E-state index in [0.29, 0.717) is 28.0 Å². The number of halogens is 1. The number of carbonyl (C=O) groups excluding carboxylic acids is 1. The maximum Gasteiger partial charge on any atom is 0.339 e. The van der Waals surface area contributed by atoms with E-state index in [4.69, 9.17) is 28.6 Å². The van der Waals surface area contributed by atoms with Crippen molar-refractivity contribution in [1.29, 1.82) is 0 Å². The number of benzene rings is 2. The summed E-state index contributed by atoms with van der Waals surface area (Å²) in [5, 5.41) is 7.23. The van der Waals surface area contributed by atoms with Crippen LogP contribution in [-0.4, -0.2) is 30.8 Å². The van der Waals surface area contributed by atoms with Gasteiger partial charge in [0.05, 0.1) is 23.2 Å². The topological polar surface area (TPSA) is 53.6 Å². The number of nitrogens with one attached hydrogen (secondary N) is 2. The second-order valence-electron chi connectivity index (χ2n) is 8.02. The largest absolute Gasteiger partial charge is 0.462 e. The van der Waals surface area contributed by atoms with Crippen LogP contribution in [-0.2, 0) is 4.74 Å². The second-order valence-corrected chi connectivity index (χ2v) is 8.84. The van der Waals surface area contributed by atoms with Crippen molar-refractivity contribution < 1.29 is 9.53 Å². The van der Waals surface area contributed by atoms with E-state index in [1.165, 1.54) is 18.5 Å². The van der Waals surface area contributed by atoms with E-state index in [1.807, 2.05) is 0 Å². The Morgan fingerprint density at radius 3 is 2.68 bits per heavy atom. The monoisotopic (exact) mass is 459 g/mol. The van der Waals surface area contributed by atoms with Gasteiger partial charge >= 0.3 is 5.97 Å². The molecule has 0 radical (unpaired) electrons. The molecule has 0 aliphatic carbocycles. The number of anilines is 2. The molecule has 0 bridgehead atoms. The Labute approximate surface area is 195 Å². The van der Waals surface area contributed by atoms with Crippen molar-refractivity contribution in [1.82, 2.24) is 5.32 Å². The summed E-state index contributed by atoms with van der Waals surface area (Å²) in [6, 6.07) is 13.8. The summed E-state index contributed by atoms with van der Waals surface area (Å²) in [7, 11) is 0. The fraction of sp³-hybridized carbons (Fsp3) is 0.417. The van der Waals surface area contributed by atoms with Crippen molar-refractivity contribution >= 4 is 46.3 Å². The molecule has 1 aliphatic rings. The van der Waals surface area contributed by atoms with Crippen LogP contribution in [0.1, 0.15) is 55.6 Å². The van der Waals surface area contributed by atoms with E-state index < -0.39 is 5.97 Å². The summed E-state index contributed by atoms with van der Waals surface area (Å²) in [4.78, 5) is 14.3. The molecule has 0 saturated carbocycles. The molecule has 2 N–H and O–H groups in total.